The molecule has 18 heavy (non-hydrogen) atoms. The number of carbonyl (C=O) groups is 1. The fraction of sp³-hybridized carbons (Fsp3) is 0.867. The van der Waals surface area contributed by atoms with Crippen molar-refractivity contribution in [3.63, 3.8) is 0 Å². The molecular formula is C15H26N2O. The summed E-state index contributed by atoms with van der Waals surface area (Å²) in [6.45, 7) is 4.20. The molecule has 3 nitrogen and oxygen atoms in total. The van der Waals surface area contributed by atoms with E-state index in [1.807, 2.05) is 0 Å². The Balaban J connectivity index is 2.57. The number of nitrogens with one attached hydrogen (secondary N) is 1. The molecule has 0 spiro atoms. The van der Waals surface area contributed by atoms with E-state index in [4.69, 9.17) is 0 Å². The molecule has 0 aromatic heterocycles. The minimum Gasteiger partial charge on any atom is -0.338 e. The van der Waals surface area contributed by atoms with Crippen molar-refractivity contribution in [1.82, 2.24) is 5.32 Å². The van der Waals surface area contributed by atoms with E-state index in [0.29, 0.717) is 0 Å². The Hall–Kier alpha value is -1.04. The van der Waals surface area contributed by atoms with E-state index >= 15 is 0 Å². The van der Waals surface area contributed by atoms with Crippen molar-refractivity contribution in [1.29, 1.82) is 5.26 Å². The molecule has 1 aliphatic carbocycles. The van der Waals surface area contributed by atoms with E-state index in [0.717, 1.165) is 51.4 Å². The average molecular weight is 250 g/mol. The van der Waals surface area contributed by atoms with Gasteiger partial charge in [0.15, 0.2) is 0 Å². The first-order chi connectivity index (χ1) is 8.67. The monoisotopic (exact) mass is 250 g/mol. The van der Waals surface area contributed by atoms with Crippen LogP contribution < -0.4 is 5.32 Å². The zero-order valence-corrected chi connectivity index (χ0v) is 11.8. The molecule has 1 unspecified atom stereocenters. The van der Waals surface area contributed by atoms with Gasteiger partial charge in [0.1, 0.15) is 5.54 Å². The second-order valence-corrected chi connectivity index (χ2v) is 5.49. The van der Waals surface area contributed by atoms with Crippen molar-refractivity contribution < 1.29 is 4.79 Å². The summed E-state index contributed by atoms with van der Waals surface area (Å²) >= 11 is 0. The van der Waals surface area contributed by atoms with Crippen LogP contribution in [0.25, 0.3) is 0 Å². The number of nitrogens with zero attached hydrogens (tertiary/aromatic N) is 1. The highest BCUT2D eigenvalue weighted by Gasteiger charge is 2.34. The van der Waals surface area contributed by atoms with Crippen molar-refractivity contribution >= 4 is 5.91 Å². The third kappa shape index (κ3) is 4.01. The van der Waals surface area contributed by atoms with Crippen molar-refractivity contribution in [2.75, 3.05) is 0 Å². The molecule has 0 aromatic rings. The summed E-state index contributed by atoms with van der Waals surface area (Å²) in [4.78, 5) is 12.3. The van der Waals surface area contributed by atoms with Crippen LogP contribution in [0.1, 0.15) is 71.6 Å². The first kappa shape index (κ1) is 15.0. The van der Waals surface area contributed by atoms with Gasteiger partial charge in [-0.15, -0.1) is 0 Å². The van der Waals surface area contributed by atoms with Crippen LogP contribution in [0.3, 0.4) is 0 Å². The molecule has 0 saturated heterocycles. The molecule has 0 aromatic carbocycles. The number of unbranched alkanes of at least 4 members (excludes halogenated alkanes) is 1. The second-order valence-electron chi connectivity index (χ2n) is 5.49. The zero-order chi connectivity index (χ0) is 13.4. The topological polar surface area (TPSA) is 52.9 Å². The van der Waals surface area contributed by atoms with Crippen LogP contribution in [0.5, 0.6) is 0 Å². The predicted molar refractivity (Wildman–Crippen MR) is 72.9 cm³/mol. The quantitative estimate of drug-likeness (QED) is 0.783. The van der Waals surface area contributed by atoms with E-state index in [1.54, 1.807) is 0 Å². The van der Waals surface area contributed by atoms with Gasteiger partial charge < -0.3 is 5.32 Å². The van der Waals surface area contributed by atoms with Crippen molar-refractivity contribution in [3.05, 3.63) is 0 Å². The van der Waals surface area contributed by atoms with E-state index in [1.165, 1.54) is 6.42 Å². The van der Waals surface area contributed by atoms with Gasteiger partial charge in [-0.05, 0) is 25.7 Å². The SMILES string of the molecule is CCCCC(CC)C(=O)NC1(C#N)CCCCC1. The molecule has 1 saturated carbocycles. The number of carbonyl (C=O) groups excluding carboxylic acids is 1. The zero-order valence-electron chi connectivity index (χ0n) is 11.8. The fourth-order valence-corrected chi connectivity index (χ4v) is 2.73. The van der Waals surface area contributed by atoms with Crippen LogP contribution in [0.4, 0.5) is 0 Å². The number of rotatable bonds is 6. The Bertz CT molecular complexity index is 300. The van der Waals surface area contributed by atoms with Gasteiger partial charge in [0, 0.05) is 5.92 Å². The average Bonchev–Trinajstić information content (AvgIpc) is 2.40. The molecule has 0 heterocycles. The van der Waals surface area contributed by atoms with Crippen LogP contribution in [-0.2, 0) is 4.79 Å². The summed E-state index contributed by atoms with van der Waals surface area (Å²) in [6, 6.07) is 2.35. The Morgan fingerprint density at radius 3 is 2.50 bits per heavy atom. The number of hydrogen-bond acceptors (Lipinski definition) is 2. The molecule has 1 rings (SSSR count). The molecule has 0 bridgehead atoms. The summed E-state index contributed by atoms with van der Waals surface area (Å²) in [6.07, 6.45) is 8.96. The molecule has 1 atom stereocenters. The maximum absolute atomic E-state index is 12.3. The van der Waals surface area contributed by atoms with Gasteiger partial charge in [-0.25, -0.2) is 0 Å². The Morgan fingerprint density at radius 2 is 2.00 bits per heavy atom. The molecule has 3 heteroatoms. The van der Waals surface area contributed by atoms with Crippen LogP contribution in [0, 0.1) is 17.2 Å². The molecule has 102 valence electrons. The molecular weight excluding hydrogens is 224 g/mol. The summed E-state index contributed by atoms with van der Waals surface area (Å²) in [5.74, 6) is 0.173. The van der Waals surface area contributed by atoms with Crippen molar-refractivity contribution in [2.24, 2.45) is 5.92 Å². The lowest BCUT2D eigenvalue weighted by Gasteiger charge is -2.33. The van der Waals surface area contributed by atoms with Gasteiger partial charge in [0.25, 0.3) is 0 Å². The standard InChI is InChI=1S/C15H26N2O/c1-3-5-9-13(4-2)14(18)17-15(12-16)10-7-6-8-11-15/h13H,3-11H2,1-2H3,(H,17,18). The normalized spacial score (nSPS) is 19.8. The van der Waals surface area contributed by atoms with Gasteiger partial charge in [-0.3, -0.25) is 4.79 Å². The van der Waals surface area contributed by atoms with E-state index in [2.05, 4.69) is 25.2 Å². The molecule has 1 fully saturated rings. The minimum absolute atomic E-state index is 0.0806. The van der Waals surface area contributed by atoms with Crippen LogP contribution in [0.15, 0.2) is 0 Å². The van der Waals surface area contributed by atoms with Crippen LogP contribution in [0.2, 0.25) is 0 Å². The van der Waals surface area contributed by atoms with Gasteiger partial charge in [-0.2, -0.15) is 5.26 Å². The number of amides is 1. The minimum atomic E-state index is -0.574. The molecule has 1 N–H and O–H groups in total. The van der Waals surface area contributed by atoms with E-state index in [-0.39, 0.29) is 11.8 Å². The molecule has 0 radical (unpaired) electrons. The Morgan fingerprint density at radius 1 is 1.33 bits per heavy atom. The van der Waals surface area contributed by atoms with E-state index in [9.17, 15) is 10.1 Å². The molecule has 0 aliphatic heterocycles. The number of nitriles is 1. The van der Waals surface area contributed by atoms with Crippen LogP contribution >= 0.6 is 0 Å². The van der Waals surface area contributed by atoms with Gasteiger partial charge >= 0.3 is 0 Å². The largest absolute Gasteiger partial charge is 0.338 e. The highest BCUT2D eigenvalue weighted by Crippen LogP contribution is 2.28. The highest BCUT2D eigenvalue weighted by atomic mass is 16.2. The lowest BCUT2D eigenvalue weighted by atomic mass is 9.82. The van der Waals surface area contributed by atoms with E-state index < -0.39 is 5.54 Å². The van der Waals surface area contributed by atoms with Gasteiger partial charge in [0.05, 0.1) is 6.07 Å². The Labute approximate surface area is 111 Å². The molecule has 1 aliphatic rings. The summed E-state index contributed by atoms with van der Waals surface area (Å²) < 4.78 is 0. The third-order valence-electron chi connectivity index (χ3n) is 4.05. The van der Waals surface area contributed by atoms with Crippen molar-refractivity contribution in [3.8, 4) is 6.07 Å². The first-order valence-electron chi connectivity index (χ1n) is 7.40. The molecule has 1 amide bonds. The lowest BCUT2D eigenvalue weighted by molar-refractivity contribution is -0.127. The lowest BCUT2D eigenvalue weighted by Crippen LogP contribution is -2.50. The highest BCUT2D eigenvalue weighted by molar-refractivity contribution is 5.79. The summed E-state index contributed by atoms with van der Waals surface area (Å²) in [7, 11) is 0. The number of hydrogen-bond donors (Lipinski definition) is 1. The Kier molecular flexibility index (Phi) is 6.18. The fourth-order valence-electron chi connectivity index (χ4n) is 2.73. The summed E-state index contributed by atoms with van der Waals surface area (Å²) in [5, 5.41) is 12.4. The van der Waals surface area contributed by atoms with Crippen LogP contribution in [-0.4, -0.2) is 11.4 Å². The smallest absolute Gasteiger partial charge is 0.224 e. The maximum atomic E-state index is 12.3. The van der Waals surface area contributed by atoms with Gasteiger partial charge in [-0.1, -0.05) is 46.0 Å². The third-order valence-corrected chi connectivity index (χ3v) is 4.05. The summed E-state index contributed by atoms with van der Waals surface area (Å²) in [5.41, 5.74) is -0.574. The first-order valence-corrected chi connectivity index (χ1v) is 7.40. The maximum Gasteiger partial charge on any atom is 0.224 e. The predicted octanol–water partition coefficient (Wildman–Crippen LogP) is 3.55. The second kappa shape index (κ2) is 7.41. The van der Waals surface area contributed by atoms with Crippen molar-refractivity contribution in [2.45, 2.75) is 77.2 Å². The van der Waals surface area contributed by atoms with Gasteiger partial charge in [0.2, 0.25) is 5.91 Å².